The first-order chi connectivity index (χ1) is 11.2. The summed E-state index contributed by atoms with van der Waals surface area (Å²) in [6, 6.07) is 15.3. The Kier molecular flexibility index (Phi) is 4.24. The van der Waals surface area contributed by atoms with E-state index in [2.05, 4.69) is 17.4 Å². The van der Waals surface area contributed by atoms with Crippen molar-refractivity contribution in [3.8, 4) is 11.5 Å². The van der Waals surface area contributed by atoms with Crippen LogP contribution in [0.25, 0.3) is 0 Å². The summed E-state index contributed by atoms with van der Waals surface area (Å²) in [5.74, 6) is 1.55. The molecule has 2 aromatic carbocycles. The van der Waals surface area contributed by atoms with Crippen molar-refractivity contribution >= 4 is 5.91 Å². The highest BCUT2D eigenvalue weighted by molar-refractivity contribution is 5.94. The minimum atomic E-state index is -0.0487. The van der Waals surface area contributed by atoms with Crippen LogP contribution in [0.5, 0.6) is 11.5 Å². The monoisotopic (exact) mass is 311 g/mol. The molecule has 23 heavy (non-hydrogen) atoms. The summed E-state index contributed by atoms with van der Waals surface area (Å²) in [7, 11) is 3.28. The zero-order valence-electron chi connectivity index (χ0n) is 13.5. The fourth-order valence-corrected chi connectivity index (χ4v) is 2.76. The van der Waals surface area contributed by atoms with Crippen molar-refractivity contribution in [2.45, 2.75) is 18.3 Å². The summed E-state index contributed by atoms with van der Waals surface area (Å²) in [4.78, 5) is 12.3. The van der Waals surface area contributed by atoms with Gasteiger partial charge in [-0.3, -0.25) is 4.79 Å². The van der Waals surface area contributed by atoms with Gasteiger partial charge in [0.2, 0.25) is 0 Å². The first kappa shape index (κ1) is 15.4. The van der Waals surface area contributed by atoms with Gasteiger partial charge in [0.1, 0.15) is 11.5 Å². The topological polar surface area (TPSA) is 47.6 Å². The molecule has 1 saturated carbocycles. The van der Waals surface area contributed by atoms with Gasteiger partial charge in [-0.2, -0.15) is 0 Å². The molecule has 0 radical (unpaired) electrons. The lowest BCUT2D eigenvalue weighted by Crippen LogP contribution is -2.32. The molecule has 0 atom stereocenters. The predicted octanol–water partition coefficient (Wildman–Crippen LogP) is 3.17. The fourth-order valence-electron chi connectivity index (χ4n) is 2.76. The minimum Gasteiger partial charge on any atom is -0.497 e. The molecule has 1 amide bonds. The summed E-state index contributed by atoms with van der Waals surface area (Å²) in [5, 5.41) is 3.06. The number of carbonyl (C=O) groups excluding carboxylic acids is 1. The van der Waals surface area contributed by atoms with E-state index in [1.165, 1.54) is 5.56 Å². The maximum atomic E-state index is 12.3. The molecule has 4 heteroatoms. The molecule has 1 aliphatic carbocycles. The van der Waals surface area contributed by atoms with E-state index in [1.54, 1.807) is 38.5 Å². The van der Waals surface area contributed by atoms with Crippen LogP contribution in [0.15, 0.2) is 48.5 Å². The third-order valence-corrected chi connectivity index (χ3v) is 4.50. The van der Waals surface area contributed by atoms with Crippen LogP contribution in [0.1, 0.15) is 28.8 Å². The summed E-state index contributed by atoms with van der Waals surface area (Å²) < 4.78 is 10.3. The molecule has 0 heterocycles. The second kappa shape index (κ2) is 6.32. The van der Waals surface area contributed by atoms with Crippen LogP contribution >= 0.6 is 0 Å². The summed E-state index contributed by atoms with van der Waals surface area (Å²) >= 11 is 0. The maximum absolute atomic E-state index is 12.3. The quantitative estimate of drug-likeness (QED) is 0.891. The van der Waals surface area contributed by atoms with Crippen molar-refractivity contribution in [3.05, 3.63) is 59.7 Å². The fraction of sp³-hybridized carbons (Fsp3) is 0.316. The summed E-state index contributed by atoms with van der Waals surface area (Å²) in [6.07, 6.45) is 2.20. The highest BCUT2D eigenvalue weighted by Crippen LogP contribution is 2.47. The van der Waals surface area contributed by atoms with E-state index in [-0.39, 0.29) is 11.3 Å². The van der Waals surface area contributed by atoms with Gasteiger partial charge in [-0.1, -0.05) is 12.1 Å². The lowest BCUT2D eigenvalue weighted by molar-refractivity contribution is 0.0949. The third kappa shape index (κ3) is 3.31. The van der Waals surface area contributed by atoms with Crippen molar-refractivity contribution < 1.29 is 14.3 Å². The van der Waals surface area contributed by atoms with E-state index >= 15 is 0 Å². The standard InChI is InChI=1S/C19H21NO3/c1-22-16-7-3-14(4-8-16)18(21)20-13-19(11-12-19)15-5-9-17(23-2)10-6-15/h3-10H,11-13H2,1-2H3,(H,20,21). The normalized spacial score (nSPS) is 14.9. The van der Waals surface area contributed by atoms with Crippen LogP contribution in [-0.4, -0.2) is 26.7 Å². The number of amides is 1. The summed E-state index contributed by atoms with van der Waals surface area (Å²) in [6.45, 7) is 0.657. The molecule has 2 aromatic rings. The predicted molar refractivity (Wildman–Crippen MR) is 89.2 cm³/mol. The third-order valence-electron chi connectivity index (χ3n) is 4.50. The van der Waals surface area contributed by atoms with Gasteiger partial charge in [0, 0.05) is 17.5 Å². The van der Waals surface area contributed by atoms with E-state index in [1.807, 2.05) is 12.1 Å². The van der Waals surface area contributed by atoms with Crippen LogP contribution in [0.3, 0.4) is 0 Å². The Morgan fingerprint density at radius 2 is 1.48 bits per heavy atom. The smallest absolute Gasteiger partial charge is 0.251 e. The highest BCUT2D eigenvalue weighted by Gasteiger charge is 2.44. The molecule has 120 valence electrons. The Morgan fingerprint density at radius 1 is 0.957 bits per heavy atom. The number of methoxy groups -OCH3 is 2. The minimum absolute atomic E-state index is 0.0487. The first-order valence-electron chi connectivity index (χ1n) is 7.74. The zero-order valence-corrected chi connectivity index (χ0v) is 13.5. The van der Waals surface area contributed by atoms with E-state index in [9.17, 15) is 4.79 Å². The van der Waals surface area contributed by atoms with Crippen LogP contribution in [-0.2, 0) is 5.41 Å². The second-order valence-electron chi connectivity index (χ2n) is 5.92. The number of rotatable bonds is 6. The van der Waals surface area contributed by atoms with E-state index in [0.29, 0.717) is 12.1 Å². The molecule has 1 fully saturated rings. The Hall–Kier alpha value is -2.49. The van der Waals surface area contributed by atoms with Crippen molar-refractivity contribution in [2.75, 3.05) is 20.8 Å². The summed E-state index contributed by atoms with van der Waals surface area (Å²) in [5.41, 5.74) is 1.98. The first-order valence-corrected chi connectivity index (χ1v) is 7.74. The van der Waals surface area contributed by atoms with E-state index in [4.69, 9.17) is 9.47 Å². The van der Waals surface area contributed by atoms with Crippen molar-refractivity contribution in [1.82, 2.24) is 5.32 Å². The number of nitrogens with one attached hydrogen (secondary N) is 1. The molecule has 4 nitrogen and oxygen atoms in total. The number of carbonyl (C=O) groups is 1. The van der Waals surface area contributed by atoms with Gasteiger partial charge in [0.05, 0.1) is 14.2 Å². The largest absolute Gasteiger partial charge is 0.497 e. The van der Waals surface area contributed by atoms with Crippen molar-refractivity contribution in [3.63, 3.8) is 0 Å². The second-order valence-corrected chi connectivity index (χ2v) is 5.92. The average Bonchev–Trinajstić information content (AvgIpc) is 3.41. The lowest BCUT2D eigenvalue weighted by atomic mass is 9.95. The maximum Gasteiger partial charge on any atom is 0.251 e. The van der Waals surface area contributed by atoms with E-state index < -0.39 is 0 Å². The molecule has 3 rings (SSSR count). The molecule has 0 aromatic heterocycles. The van der Waals surface area contributed by atoms with Crippen molar-refractivity contribution in [1.29, 1.82) is 0 Å². The zero-order chi connectivity index (χ0) is 16.3. The van der Waals surface area contributed by atoms with Crippen molar-refractivity contribution in [2.24, 2.45) is 0 Å². The van der Waals surface area contributed by atoms with Gasteiger partial charge >= 0.3 is 0 Å². The van der Waals surface area contributed by atoms with Crippen LogP contribution < -0.4 is 14.8 Å². The van der Waals surface area contributed by atoms with Gasteiger partial charge in [-0.05, 0) is 54.8 Å². The van der Waals surface area contributed by atoms with E-state index in [0.717, 1.165) is 24.3 Å². The Labute approximate surface area is 136 Å². The number of benzene rings is 2. The average molecular weight is 311 g/mol. The molecule has 1 aliphatic rings. The van der Waals surface area contributed by atoms with Gasteiger partial charge in [-0.25, -0.2) is 0 Å². The van der Waals surface area contributed by atoms with Gasteiger partial charge in [0.15, 0.2) is 0 Å². The SMILES string of the molecule is COc1ccc(C(=O)NCC2(c3ccc(OC)cc3)CC2)cc1. The molecule has 0 bridgehead atoms. The van der Waals surface area contributed by atoms with Crippen LogP contribution in [0, 0.1) is 0 Å². The van der Waals surface area contributed by atoms with Crippen LogP contribution in [0.2, 0.25) is 0 Å². The van der Waals surface area contributed by atoms with Gasteiger partial charge in [-0.15, -0.1) is 0 Å². The Balaban J connectivity index is 1.63. The van der Waals surface area contributed by atoms with Gasteiger partial charge in [0.25, 0.3) is 5.91 Å². The lowest BCUT2D eigenvalue weighted by Gasteiger charge is -2.17. The molecule has 1 N–H and O–H groups in total. The number of hydrogen-bond donors (Lipinski definition) is 1. The Morgan fingerprint density at radius 3 is 1.96 bits per heavy atom. The number of ether oxygens (including phenoxy) is 2. The number of hydrogen-bond acceptors (Lipinski definition) is 3. The van der Waals surface area contributed by atoms with Gasteiger partial charge < -0.3 is 14.8 Å². The molecule has 0 unspecified atom stereocenters. The molecular formula is C19H21NO3. The Bertz CT molecular complexity index is 673. The molecule has 0 aliphatic heterocycles. The molecule has 0 spiro atoms. The van der Waals surface area contributed by atoms with Crippen LogP contribution in [0.4, 0.5) is 0 Å². The molecular weight excluding hydrogens is 290 g/mol. The highest BCUT2D eigenvalue weighted by atomic mass is 16.5. The molecule has 0 saturated heterocycles.